The molecule has 0 radical (unpaired) electrons. The van der Waals surface area contributed by atoms with Crippen LogP contribution in [0.1, 0.15) is 5.56 Å². The van der Waals surface area contributed by atoms with Gasteiger partial charge in [-0.1, -0.05) is 18.2 Å². The first kappa shape index (κ1) is 15.8. The average Bonchev–Trinajstić information content (AvgIpc) is 2.41. The van der Waals surface area contributed by atoms with Gasteiger partial charge in [0.05, 0.1) is 16.1 Å². The lowest BCUT2D eigenvalue weighted by Crippen LogP contribution is -2.13. The molecule has 0 aliphatic heterocycles. The largest absolute Gasteiger partial charge is 0.416 e. The van der Waals surface area contributed by atoms with Crippen LogP contribution < -0.4 is 4.72 Å². The summed E-state index contributed by atoms with van der Waals surface area (Å²) in [7, 11) is -3.85. The molecule has 0 saturated heterocycles. The number of hydrogen-bond acceptors (Lipinski definition) is 2. The van der Waals surface area contributed by atoms with Gasteiger partial charge in [-0.2, -0.15) is 13.2 Å². The molecule has 0 unspecified atom stereocenters. The number of hydrogen-bond donors (Lipinski definition) is 1. The third-order valence-electron chi connectivity index (χ3n) is 2.59. The zero-order valence-electron chi connectivity index (χ0n) is 10.4. The van der Waals surface area contributed by atoms with Crippen molar-refractivity contribution < 1.29 is 21.6 Å². The van der Waals surface area contributed by atoms with Crippen molar-refractivity contribution in [3.8, 4) is 0 Å². The van der Waals surface area contributed by atoms with Gasteiger partial charge in [0.1, 0.15) is 0 Å². The molecule has 8 heteroatoms. The maximum absolute atomic E-state index is 12.5. The van der Waals surface area contributed by atoms with Gasteiger partial charge >= 0.3 is 6.18 Å². The molecule has 0 fully saturated rings. The fraction of sp³-hybridized carbons (Fsp3) is 0.0769. The average molecular weight is 380 g/mol. The van der Waals surface area contributed by atoms with Crippen molar-refractivity contribution in [3.05, 3.63) is 58.6 Å². The molecular weight excluding hydrogens is 371 g/mol. The van der Waals surface area contributed by atoms with E-state index in [1.165, 1.54) is 12.1 Å². The van der Waals surface area contributed by atoms with Crippen LogP contribution in [-0.2, 0) is 16.2 Å². The minimum absolute atomic E-state index is 0.0110. The van der Waals surface area contributed by atoms with Crippen LogP contribution in [-0.4, -0.2) is 8.42 Å². The van der Waals surface area contributed by atoms with Crippen molar-refractivity contribution in [2.75, 3.05) is 4.72 Å². The van der Waals surface area contributed by atoms with Gasteiger partial charge in [-0.05, 0) is 46.3 Å². The normalized spacial score (nSPS) is 12.2. The molecule has 0 aliphatic rings. The van der Waals surface area contributed by atoms with Crippen molar-refractivity contribution in [2.24, 2.45) is 0 Å². The number of benzene rings is 2. The van der Waals surface area contributed by atoms with Crippen LogP contribution in [0.3, 0.4) is 0 Å². The van der Waals surface area contributed by atoms with Gasteiger partial charge in [0.25, 0.3) is 10.0 Å². The molecule has 0 saturated carbocycles. The number of nitrogens with one attached hydrogen (secondary N) is 1. The monoisotopic (exact) mass is 379 g/mol. The zero-order valence-corrected chi connectivity index (χ0v) is 12.8. The molecule has 0 amide bonds. The molecule has 0 spiro atoms. The summed E-state index contributed by atoms with van der Waals surface area (Å²) in [5, 5.41) is 0. The second-order valence-electron chi connectivity index (χ2n) is 4.11. The van der Waals surface area contributed by atoms with E-state index in [0.29, 0.717) is 0 Å². The smallest absolute Gasteiger partial charge is 0.278 e. The highest BCUT2D eigenvalue weighted by Gasteiger charge is 2.31. The van der Waals surface area contributed by atoms with Crippen molar-refractivity contribution in [1.29, 1.82) is 0 Å². The molecule has 0 aliphatic carbocycles. The van der Waals surface area contributed by atoms with Crippen LogP contribution in [0.4, 0.5) is 18.9 Å². The predicted molar refractivity (Wildman–Crippen MR) is 76.4 cm³/mol. The molecule has 0 heterocycles. The summed E-state index contributed by atoms with van der Waals surface area (Å²) in [6.07, 6.45) is -4.49. The topological polar surface area (TPSA) is 46.2 Å². The molecule has 0 bridgehead atoms. The van der Waals surface area contributed by atoms with Gasteiger partial charge in [-0.3, -0.25) is 4.72 Å². The van der Waals surface area contributed by atoms with Crippen LogP contribution in [0, 0.1) is 0 Å². The van der Waals surface area contributed by atoms with Crippen molar-refractivity contribution in [3.63, 3.8) is 0 Å². The van der Waals surface area contributed by atoms with Crippen molar-refractivity contribution in [2.45, 2.75) is 11.1 Å². The standard InChI is InChI=1S/C13H9BrF3NO2S/c14-11-8-9(13(15,16)17)6-7-12(11)18-21(19,20)10-4-2-1-3-5-10/h1-8,18H. The first-order valence-corrected chi connectivity index (χ1v) is 7.92. The summed E-state index contributed by atoms with van der Waals surface area (Å²) < 4.78 is 64.0. The highest BCUT2D eigenvalue weighted by molar-refractivity contribution is 9.10. The molecule has 1 N–H and O–H groups in total. The minimum atomic E-state index is -4.49. The molecular formula is C13H9BrF3NO2S. The molecule has 2 aromatic carbocycles. The SMILES string of the molecule is O=S(=O)(Nc1ccc(C(F)(F)F)cc1Br)c1ccccc1. The third kappa shape index (κ3) is 3.76. The minimum Gasteiger partial charge on any atom is -0.278 e. The Morgan fingerprint density at radius 3 is 2.14 bits per heavy atom. The first-order chi connectivity index (χ1) is 9.70. The quantitative estimate of drug-likeness (QED) is 0.865. The number of anilines is 1. The molecule has 21 heavy (non-hydrogen) atoms. The summed E-state index contributed by atoms with van der Waals surface area (Å²) >= 11 is 2.94. The molecule has 2 aromatic rings. The van der Waals surface area contributed by atoms with Crippen LogP contribution >= 0.6 is 15.9 Å². The Balaban J connectivity index is 2.33. The molecule has 3 nitrogen and oxygen atoms in total. The summed E-state index contributed by atoms with van der Waals surface area (Å²) in [4.78, 5) is 0.0248. The summed E-state index contributed by atoms with van der Waals surface area (Å²) in [6, 6.07) is 10.2. The maximum atomic E-state index is 12.5. The second kappa shape index (κ2) is 5.69. The summed E-state index contributed by atoms with van der Waals surface area (Å²) in [5.41, 5.74) is -0.830. The van der Waals surface area contributed by atoms with Gasteiger partial charge < -0.3 is 0 Å². The molecule has 0 aromatic heterocycles. The lowest BCUT2D eigenvalue weighted by atomic mass is 10.2. The van der Waals surface area contributed by atoms with E-state index < -0.39 is 21.8 Å². The highest BCUT2D eigenvalue weighted by Crippen LogP contribution is 2.34. The van der Waals surface area contributed by atoms with Gasteiger partial charge in [0.15, 0.2) is 0 Å². The Hall–Kier alpha value is -1.54. The fourth-order valence-corrected chi connectivity index (χ4v) is 3.29. The van der Waals surface area contributed by atoms with E-state index in [-0.39, 0.29) is 15.1 Å². The van der Waals surface area contributed by atoms with E-state index >= 15 is 0 Å². The van der Waals surface area contributed by atoms with Crippen LogP contribution in [0.5, 0.6) is 0 Å². The van der Waals surface area contributed by atoms with Gasteiger partial charge in [-0.15, -0.1) is 0 Å². The Morgan fingerprint density at radius 1 is 1.00 bits per heavy atom. The zero-order chi connectivity index (χ0) is 15.7. The van der Waals surface area contributed by atoms with Crippen molar-refractivity contribution >= 4 is 31.6 Å². The highest BCUT2D eigenvalue weighted by atomic mass is 79.9. The van der Waals surface area contributed by atoms with Crippen LogP contribution in [0.15, 0.2) is 57.9 Å². The lowest BCUT2D eigenvalue weighted by Gasteiger charge is -2.12. The van der Waals surface area contributed by atoms with Gasteiger partial charge in [-0.25, -0.2) is 8.42 Å². The first-order valence-electron chi connectivity index (χ1n) is 5.65. The Morgan fingerprint density at radius 2 is 1.62 bits per heavy atom. The number of rotatable bonds is 3. The molecule has 112 valence electrons. The van der Waals surface area contributed by atoms with Gasteiger partial charge in [0, 0.05) is 4.47 Å². The summed E-state index contributed by atoms with van der Waals surface area (Å²) in [6.45, 7) is 0. The Labute approximate surface area is 128 Å². The van der Waals surface area contributed by atoms with E-state index in [4.69, 9.17) is 0 Å². The lowest BCUT2D eigenvalue weighted by molar-refractivity contribution is -0.137. The molecule has 2 rings (SSSR count). The third-order valence-corrected chi connectivity index (χ3v) is 4.63. The van der Waals surface area contributed by atoms with Crippen LogP contribution in [0.25, 0.3) is 0 Å². The number of sulfonamides is 1. The van der Waals surface area contributed by atoms with Gasteiger partial charge in [0.2, 0.25) is 0 Å². The van der Waals surface area contributed by atoms with Crippen molar-refractivity contribution in [1.82, 2.24) is 0 Å². The van der Waals surface area contributed by atoms with E-state index in [9.17, 15) is 21.6 Å². The van der Waals surface area contributed by atoms with E-state index in [2.05, 4.69) is 20.7 Å². The Kier molecular flexibility index (Phi) is 4.29. The van der Waals surface area contributed by atoms with E-state index in [0.717, 1.165) is 18.2 Å². The second-order valence-corrected chi connectivity index (χ2v) is 6.65. The van der Waals surface area contributed by atoms with E-state index in [1.807, 2.05) is 0 Å². The number of alkyl halides is 3. The summed E-state index contributed by atoms with van der Waals surface area (Å²) in [5.74, 6) is 0. The number of halogens is 4. The molecule has 0 atom stereocenters. The Bertz CT molecular complexity index is 746. The van der Waals surface area contributed by atoms with Crippen LogP contribution in [0.2, 0.25) is 0 Å². The predicted octanol–water partition coefficient (Wildman–Crippen LogP) is 4.27. The van der Waals surface area contributed by atoms with E-state index in [1.54, 1.807) is 18.2 Å². The fourth-order valence-electron chi connectivity index (χ4n) is 1.58. The maximum Gasteiger partial charge on any atom is 0.416 e.